The largest absolute Gasteiger partial charge is 0.310 e. The summed E-state index contributed by atoms with van der Waals surface area (Å²) in [6.45, 7) is 2.38. The zero-order valence-corrected chi connectivity index (χ0v) is 26.3. The van der Waals surface area contributed by atoms with E-state index in [2.05, 4.69) is 194 Å². The van der Waals surface area contributed by atoms with Crippen molar-refractivity contribution in [1.82, 2.24) is 0 Å². The molecule has 0 saturated carbocycles. The van der Waals surface area contributed by atoms with Crippen molar-refractivity contribution < 1.29 is 0 Å². The van der Waals surface area contributed by atoms with Gasteiger partial charge in [-0.1, -0.05) is 146 Å². The SMILES string of the molecule is CC1(c2ccccc2)c2ccccc2-c2c(N(c3ccc(-c4ccc5ccccc5c4)cc3)c3ccc4ccccc4c3)cccc21. The van der Waals surface area contributed by atoms with E-state index in [1.54, 1.807) is 0 Å². The molecule has 0 spiro atoms. The van der Waals surface area contributed by atoms with Gasteiger partial charge in [-0.2, -0.15) is 0 Å². The predicted molar refractivity (Wildman–Crippen MR) is 199 cm³/mol. The molecule has 1 nitrogen and oxygen atoms in total. The molecule has 0 N–H and O–H groups in total. The van der Waals surface area contributed by atoms with Gasteiger partial charge in [-0.25, -0.2) is 0 Å². The van der Waals surface area contributed by atoms with E-state index in [1.165, 1.54) is 66.2 Å². The Kier molecular flexibility index (Phi) is 6.33. The highest BCUT2D eigenvalue weighted by molar-refractivity contribution is 5.98. The summed E-state index contributed by atoms with van der Waals surface area (Å²) < 4.78 is 0. The lowest BCUT2D eigenvalue weighted by molar-refractivity contribution is 0.714. The number of anilines is 3. The van der Waals surface area contributed by atoms with Gasteiger partial charge < -0.3 is 4.90 Å². The lowest BCUT2D eigenvalue weighted by Crippen LogP contribution is -2.22. The predicted octanol–water partition coefficient (Wildman–Crippen LogP) is 12.5. The second-order valence-corrected chi connectivity index (χ2v) is 12.7. The minimum atomic E-state index is -0.266. The number of rotatable bonds is 5. The molecule has 0 fully saturated rings. The Hall–Kier alpha value is -5.92. The van der Waals surface area contributed by atoms with E-state index in [0.29, 0.717) is 0 Å². The first-order valence-electron chi connectivity index (χ1n) is 16.4. The molecule has 9 rings (SSSR count). The normalized spacial score (nSPS) is 15.0. The van der Waals surface area contributed by atoms with E-state index in [1.807, 2.05) is 0 Å². The van der Waals surface area contributed by atoms with E-state index in [0.717, 1.165) is 11.4 Å². The van der Waals surface area contributed by atoms with Crippen LogP contribution in [-0.2, 0) is 5.41 Å². The highest BCUT2D eigenvalue weighted by Crippen LogP contribution is 2.56. The molecule has 0 aliphatic heterocycles. The summed E-state index contributed by atoms with van der Waals surface area (Å²) in [6.07, 6.45) is 0. The van der Waals surface area contributed by atoms with Gasteiger partial charge in [-0.15, -0.1) is 0 Å². The number of nitrogens with zero attached hydrogens (tertiary/aromatic N) is 1. The molecule has 1 atom stereocenters. The first kappa shape index (κ1) is 27.4. The van der Waals surface area contributed by atoms with Gasteiger partial charge in [0.25, 0.3) is 0 Å². The van der Waals surface area contributed by atoms with Gasteiger partial charge in [0.1, 0.15) is 0 Å². The van der Waals surface area contributed by atoms with Gasteiger partial charge in [0.2, 0.25) is 0 Å². The molecular weight excluding hydrogens is 567 g/mol. The van der Waals surface area contributed by atoms with Crippen molar-refractivity contribution in [2.24, 2.45) is 0 Å². The van der Waals surface area contributed by atoms with E-state index < -0.39 is 0 Å². The summed E-state index contributed by atoms with van der Waals surface area (Å²) in [7, 11) is 0. The minimum absolute atomic E-state index is 0.266. The molecule has 1 aliphatic rings. The van der Waals surface area contributed by atoms with Crippen LogP contribution in [0.5, 0.6) is 0 Å². The van der Waals surface area contributed by atoms with Crippen molar-refractivity contribution in [1.29, 1.82) is 0 Å². The molecule has 1 aliphatic carbocycles. The lowest BCUT2D eigenvalue weighted by Gasteiger charge is -2.30. The van der Waals surface area contributed by atoms with Crippen LogP contribution >= 0.6 is 0 Å². The van der Waals surface area contributed by atoms with Crippen molar-refractivity contribution in [2.45, 2.75) is 12.3 Å². The van der Waals surface area contributed by atoms with Crippen LogP contribution in [0.25, 0.3) is 43.8 Å². The molecule has 0 heterocycles. The van der Waals surface area contributed by atoms with Gasteiger partial charge in [-0.3, -0.25) is 0 Å². The second-order valence-electron chi connectivity index (χ2n) is 12.7. The summed E-state index contributed by atoms with van der Waals surface area (Å²) in [5, 5.41) is 4.98. The molecule has 47 heavy (non-hydrogen) atoms. The summed E-state index contributed by atoms with van der Waals surface area (Å²) in [4.78, 5) is 2.45. The molecule has 0 saturated heterocycles. The van der Waals surface area contributed by atoms with Gasteiger partial charge in [0.05, 0.1) is 5.69 Å². The second kappa shape index (κ2) is 10.9. The molecule has 0 aromatic heterocycles. The Labute approximate surface area is 276 Å². The first-order valence-corrected chi connectivity index (χ1v) is 16.4. The van der Waals surface area contributed by atoms with Crippen molar-refractivity contribution in [3.63, 3.8) is 0 Å². The Morgan fingerprint density at radius 2 is 0.979 bits per heavy atom. The molecule has 0 amide bonds. The van der Waals surface area contributed by atoms with Crippen molar-refractivity contribution in [2.75, 3.05) is 4.90 Å². The fourth-order valence-electron chi connectivity index (χ4n) is 7.71. The minimum Gasteiger partial charge on any atom is -0.310 e. The number of hydrogen-bond acceptors (Lipinski definition) is 1. The van der Waals surface area contributed by atoms with Gasteiger partial charge in [0, 0.05) is 22.4 Å². The van der Waals surface area contributed by atoms with Crippen LogP contribution < -0.4 is 4.90 Å². The molecule has 222 valence electrons. The quantitative estimate of drug-likeness (QED) is 0.190. The van der Waals surface area contributed by atoms with E-state index in [4.69, 9.17) is 0 Å². The van der Waals surface area contributed by atoms with E-state index in [9.17, 15) is 0 Å². The van der Waals surface area contributed by atoms with Gasteiger partial charge in [-0.05, 0) is 98.2 Å². The number of fused-ring (bicyclic) bond motifs is 5. The van der Waals surface area contributed by atoms with Crippen molar-refractivity contribution >= 4 is 38.6 Å². The fraction of sp³-hybridized carbons (Fsp3) is 0.0435. The third-order valence-electron chi connectivity index (χ3n) is 10.1. The Balaban J connectivity index is 1.25. The molecule has 1 heteroatoms. The molecular formula is C46H33N. The van der Waals surface area contributed by atoms with E-state index >= 15 is 0 Å². The summed E-state index contributed by atoms with van der Waals surface area (Å²) in [6, 6.07) is 66.6. The Morgan fingerprint density at radius 3 is 1.74 bits per heavy atom. The van der Waals surface area contributed by atoms with Crippen LogP contribution in [-0.4, -0.2) is 0 Å². The smallest absolute Gasteiger partial charge is 0.0543 e. The van der Waals surface area contributed by atoms with Crippen LogP contribution in [0.4, 0.5) is 17.1 Å². The third kappa shape index (κ3) is 4.39. The third-order valence-corrected chi connectivity index (χ3v) is 10.1. The maximum atomic E-state index is 2.45. The first-order chi connectivity index (χ1) is 23.2. The van der Waals surface area contributed by atoms with Crippen molar-refractivity contribution in [3.8, 4) is 22.3 Å². The Morgan fingerprint density at radius 1 is 0.404 bits per heavy atom. The van der Waals surface area contributed by atoms with Crippen LogP contribution in [0.3, 0.4) is 0 Å². The van der Waals surface area contributed by atoms with E-state index in [-0.39, 0.29) is 5.41 Å². The van der Waals surface area contributed by atoms with Gasteiger partial charge in [0.15, 0.2) is 0 Å². The highest BCUT2D eigenvalue weighted by atomic mass is 15.1. The molecule has 8 aromatic rings. The highest BCUT2D eigenvalue weighted by Gasteiger charge is 2.42. The zero-order valence-electron chi connectivity index (χ0n) is 26.3. The maximum absolute atomic E-state index is 2.45. The number of benzene rings is 8. The fourth-order valence-corrected chi connectivity index (χ4v) is 7.71. The maximum Gasteiger partial charge on any atom is 0.0543 e. The Bertz CT molecular complexity index is 2420. The summed E-state index contributed by atoms with van der Waals surface area (Å²) in [5.41, 5.74) is 12.2. The molecule has 8 aromatic carbocycles. The topological polar surface area (TPSA) is 3.24 Å². The average molecular weight is 600 g/mol. The average Bonchev–Trinajstić information content (AvgIpc) is 3.41. The summed E-state index contributed by atoms with van der Waals surface area (Å²) >= 11 is 0. The lowest BCUT2D eigenvalue weighted by atomic mass is 9.74. The summed E-state index contributed by atoms with van der Waals surface area (Å²) in [5.74, 6) is 0. The number of hydrogen-bond donors (Lipinski definition) is 0. The van der Waals surface area contributed by atoms with Gasteiger partial charge >= 0.3 is 0 Å². The molecule has 0 radical (unpaired) electrons. The molecule has 0 bridgehead atoms. The van der Waals surface area contributed by atoms with Crippen LogP contribution in [0, 0.1) is 0 Å². The van der Waals surface area contributed by atoms with Crippen LogP contribution in [0.2, 0.25) is 0 Å². The zero-order chi connectivity index (χ0) is 31.4. The molecule has 1 unspecified atom stereocenters. The van der Waals surface area contributed by atoms with Crippen molar-refractivity contribution in [3.05, 3.63) is 199 Å². The monoisotopic (exact) mass is 599 g/mol. The van der Waals surface area contributed by atoms with Crippen LogP contribution in [0.15, 0.2) is 182 Å². The standard InChI is InChI=1S/C46H33N/c1-46(38-16-3-2-4-17-38)42-19-10-9-18-41(42)45-43(46)20-11-21-44(45)47(40-29-26-33-13-6-8-15-36(33)31-40)39-27-24-34(25-28-39)37-23-22-32-12-5-7-14-35(32)30-37/h2-31H,1H3. The van der Waals surface area contributed by atoms with Crippen LogP contribution in [0.1, 0.15) is 23.6 Å².